The molecule has 0 aromatic carbocycles. The fraction of sp³-hybridized carbons (Fsp3) is 0.550. The van der Waals surface area contributed by atoms with Crippen molar-refractivity contribution in [3.8, 4) is 0 Å². The van der Waals surface area contributed by atoms with Gasteiger partial charge in [0.25, 0.3) is 5.91 Å². The first kappa shape index (κ1) is 20.5. The van der Waals surface area contributed by atoms with Gasteiger partial charge in [-0.15, -0.1) is 11.3 Å². The average molecular weight is 405 g/mol. The molecule has 28 heavy (non-hydrogen) atoms. The quantitative estimate of drug-likeness (QED) is 0.712. The summed E-state index contributed by atoms with van der Waals surface area (Å²) < 4.78 is 7.01. The van der Waals surface area contributed by atoms with Crippen molar-refractivity contribution in [2.45, 2.75) is 53.1 Å². The number of hydrogen-bond acceptors (Lipinski definition) is 6. The van der Waals surface area contributed by atoms with Crippen molar-refractivity contribution in [1.29, 1.82) is 0 Å². The summed E-state index contributed by atoms with van der Waals surface area (Å²) in [6.45, 7) is 11.0. The Kier molecular flexibility index (Phi) is 6.51. The molecule has 2 aromatic heterocycles. The van der Waals surface area contributed by atoms with Gasteiger partial charge in [-0.3, -0.25) is 14.4 Å². The standard InChI is InChI=1S/C20H28N4O3S/c1-5-9-23-10-7-14-16(12-23)28-19(17(14)20(26)27-6-2)21-18(25)15-8-11-24(22-15)13(3)4/h8,11,13H,5-7,9-10,12H2,1-4H3,(H,21,25). The topological polar surface area (TPSA) is 76.5 Å². The van der Waals surface area contributed by atoms with Crippen molar-refractivity contribution >= 4 is 28.2 Å². The minimum Gasteiger partial charge on any atom is -0.462 e. The number of nitrogens with one attached hydrogen (secondary N) is 1. The molecule has 1 aliphatic rings. The fourth-order valence-corrected chi connectivity index (χ4v) is 4.66. The van der Waals surface area contributed by atoms with Crippen LogP contribution in [0.2, 0.25) is 0 Å². The number of esters is 1. The van der Waals surface area contributed by atoms with E-state index in [1.807, 2.05) is 13.8 Å². The maximum atomic E-state index is 12.7. The minimum atomic E-state index is -0.369. The molecule has 3 rings (SSSR count). The van der Waals surface area contributed by atoms with E-state index in [1.165, 1.54) is 11.3 Å². The molecule has 3 heterocycles. The van der Waals surface area contributed by atoms with Crippen LogP contribution in [0.5, 0.6) is 0 Å². The number of nitrogens with zero attached hydrogens (tertiary/aromatic N) is 3. The van der Waals surface area contributed by atoms with E-state index in [-0.39, 0.29) is 17.9 Å². The highest BCUT2D eigenvalue weighted by Gasteiger charge is 2.29. The number of thiophene rings is 1. The average Bonchev–Trinajstić information content (AvgIpc) is 3.26. The summed E-state index contributed by atoms with van der Waals surface area (Å²) in [6.07, 6.45) is 3.67. The molecule has 0 fully saturated rings. The molecule has 0 bridgehead atoms. The zero-order valence-electron chi connectivity index (χ0n) is 16.9. The maximum Gasteiger partial charge on any atom is 0.341 e. The van der Waals surface area contributed by atoms with Gasteiger partial charge in [-0.1, -0.05) is 6.92 Å². The Morgan fingerprint density at radius 3 is 2.79 bits per heavy atom. The Morgan fingerprint density at radius 1 is 1.36 bits per heavy atom. The lowest BCUT2D eigenvalue weighted by Gasteiger charge is -2.26. The second kappa shape index (κ2) is 8.87. The molecule has 2 aromatic rings. The van der Waals surface area contributed by atoms with Crippen LogP contribution in [0.3, 0.4) is 0 Å². The van der Waals surface area contributed by atoms with E-state index in [9.17, 15) is 9.59 Å². The lowest BCUT2D eigenvalue weighted by atomic mass is 10.0. The molecular formula is C20H28N4O3S. The van der Waals surface area contributed by atoms with Crippen molar-refractivity contribution in [3.05, 3.63) is 34.0 Å². The van der Waals surface area contributed by atoms with Gasteiger partial charge in [0.1, 0.15) is 5.00 Å². The number of aromatic nitrogens is 2. The van der Waals surface area contributed by atoms with Gasteiger partial charge in [0.05, 0.1) is 12.2 Å². The first-order valence-corrected chi connectivity index (χ1v) is 10.7. The molecule has 152 valence electrons. The van der Waals surface area contributed by atoms with Gasteiger partial charge in [-0.05, 0) is 51.8 Å². The Labute approximate surface area is 169 Å². The van der Waals surface area contributed by atoms with E-state index < -0.39 is 0 Å². The molecule has 1 amide bonds. The summed E-state index contributed by atoms with van der Waals surface area (Å²) in [4.78, 5) is 28.8. The molecule has 0 saturated heterocycles. The Hall–Kier alpha value is -2.19. The number of ether oxygens (including phenoxy) is 1. The SMILES string of the molecule is CCCN1CCc2c(sc(NC(=O)c3ccn(C(C)C)n3)c2C(=O)OCC)C1. The molecule has 0 spiro atoms. The molecule has 7 nitrogen and oxygen atoms in total. The molecule has 1 aliphatic heterocycles. The van der Waals surface area contributed by atoms with Crippen LogP contribution in [0.4, 0.5) is 5.00 Å². The monoisotopic (exact) mass is 404 g/mol. The predicted molar refractivity (Wildman–Crippen MR) is 110 cm³/mol. The number of carbonyl (C=O) groups excluding carboxylic acids is 2. The molecular weight excluding hydrogens is 376 g/mol. The summed E-state index contributed by atoms with van der Waals surface area (Å²) >= 11 is 1.47. The third-order valence-electron chi connectivity index (χ3n) is 4.75. The Balaban J connectivity index is 1.88. The highest BCUT2D eigenvalue weighted by molar-refractivity contribution is 7.17. The second-order valence-electron chi connectivity index (χ2n) is 7.18. The van der Waals surface area contributed by atoms with Gasteiger partial charge in [-0.2, -0.15) is 5.10 Å². The van der Waals surface area contributed by atoms with Crippen molar-refractivity contribution < 1.29 is 14.3 Å². The van der Waals surface area contributed by atoms with Crippen molar-refractivity contribution in [2.24, 2.45) is 0 Å². The number of rotatable bonds is 7. The van der Waals surface area contributed by atoms with Crippen LogP contribution < -0.4 is 5.32 Å². The van der Waals surface area contributed by atoms with E-state index in [1.54, 1.807) is 23.9 Å². The molecule has 0 radical (unpaired) electrons. The fourth-order valence-electron chi connectivity index (χ4n) is 3.38. The summed E-state index contributed by atoms with van der Waals surface area (Å²) in [6, 6.07) is 1.87. The van der Waals surface area contributed by atoms with Crippen LogP contribution >= 0.6 is 11.3 Å². The molecule has 0 unspecified atom stereocenters. The van der Waals surface area contributed by atoms with E-state index >= 15 is 0 Å². The molecule has 0 aliphatic carbocycles. The van der Waals surface area contributed by atoms with Crippen molar-refractivity contribution in [3.63, 3.8) is 0 Å². The largest absolute Gasteiger partial charge is 0.462 e. The number of anilines is 1. The van der Waals surface area contributed by atoms with Gasteiger partial charge in [0, 0.05) is 30.2 Å². The van der Waals surface area contributed by atoms with Gasteiger partial charge in [-0.25, -0.2) is 4.79 Å². The minimum absolute atomic E-state index is 0.176. The summed E-state index contributed by atoms with van der Waals surface area (Å²) in [5.41, 5.74) is 1.86. The van der Waals surface area contributed by atoms with E-state index in [0.29, 0.717) is 22.9 Å². The summed E-state index contributed by atoms with van der Waals surface area (Å²) in [7, 11) is 0. The first-order chi connectivity index (χ1) is 13.4. The lowest BCUT2D eigenvalue weighted by molar-refractivity contribution is 0.0526. The lowest BCUT2D eigenvalue weighted by Crippen LogP contribution is -2.30. The number of amides is 1. The number of fused-ring (bicyclic) bond motifs is 1. The predicted octanol–water partition coefficient (Wildman–Crippen LogP) is 3.72. The third kappa shape index (κ3) is 4.28. The van der Waals surface area contributed by atoms with Crippen molar-refractivity contribution in [2.75, 3.05) is 25.0 Å². The van der Waals surface area contributed by atoms with Crippen LogP contribution in [-0.2, 0) is 17.7 Å². The van der Waals surface area contributed by atoms with E-state index in [2.05, 4.69) is 22.2 Å². The zero-order chi connectivity index (χ0) is 20.3. The van der Waals surface area contributed by atoms with Gasteiger partial charge in [0.2, 0.25) is 0 Å². The maximum absolute atomic E-state index is 12.7. The third-order valence-corrected chi connectivity index (χ3v) is 5.88. The highest BCUT2D eigenvalue weighted by atomic mass is 32.1. The first-order valence-electron chi connectivity index (χ1n) is 9.85. The molecule has 0 saturated carbocycles. The summed E-state index contributed by atoms with van der Waals surface area (Å²) in [5.74, 6) is -0.680. The van der Waals surface area contributed by atoms with Crippen molar-refractivity contribution in [1.82, 2.24) is 14.7 Å². The van der Waals surface area contributed by atoms with Crippen LogP contribution in [0.1, 0.15) is 71.4 Å². The van der Waals surface area contributed by atoms with E-state index in [4.69, 9.17) is 4.74 Å². The number of carbonyl (C=O) groups is 2. The zero-order valence-corrected chi connectivity index (χ0v) is 17.8. The second-order valence-corrected chi connectivity index (χ2v) is 8.29. The normalized spacial score (nSPS) is 14.2. The van der Waals surface area contributed by atoms with Crippen LogP contribution in [0, 0.1) is 0 Å². The van der Waals surface area contributed by atoms with Crippen LogP contribution in [-0.4, -0.2) is 46.3 Å². The van der Waals surface area contributed by atoms with Gasteiger partial charge < -0.3 is 10.1 Å². The number of hydrogen-bond donors (Lipinski definition) is 1. The molecule has 1 N–H and O–H groups in total. The smallest absolute Gasteiger partial charge is 0.341 e. The van der Waals surface area contributed by atoms with Gasteiger partial charge in [0.15, 0.2) is 5.69 Å². The van der Waals surface area contributed by atoms with E-state index in [0.717, 1.165) is 42.9 Å². The highest BCUT2D eigenvalue weighted by Crippen LogP contribution is 2.38. The Bertz CT molecular complexity index is 856. The van der Waals surface area contributed by atoms with Crippen LogP contribution in [0.15, 0.2) is 12.3 Å². The van der Waals surface area contributed by atoms with Gasteiger partial charge >= 0.3 is 5.97 Å². The molecule has 0 atom stereocenters. The van der Waals surface area contributed by atoms with Crippen LogP contribution in [0.25, 0.3) is 0 Å². The summed E-state index contributed by atoms with van der Waals surface area (Å²) in [5, 5.41) is 7.79. The molecule has 8 heteroatoms. The Morgan fingerprint density at radius 2 is 2.14 bits per heavy atom.